The van der Waals surface area contributed by atoms with Crippen molar-refractivity contribution < 1.29 is 17.6 Å². The number of alkyl halides is 3. The number of benzene rings is 1. The van der Waals surface area contributed by atoms with Crippen LogP contribution >= 0.6 is 0 Å². The van der Waals surface area contributed by atoms with E-state index in [2.05, 4.69) is 20.6 Å². The van der Waals surface area contributed by atoms with Crippen LogP contribution in [-0.2, 0) is 6.18 Å². The van der Waals surface area contributed by atoms with Crippen LogP contribution < -0.4 is 10.6 Å². The van der Waals surface area contributed by atoms with Crippen molar-refractivity contribution >= 4 is 17.5 Å². The molecule has 1 aromatic carbocycles. The number of nitrogens with zero attached hydrogens (tertiary/aromatic N) is 3. The van der Waals surface area contributed by atoms with Gasteiger partial charge in [0.05, 0.1) is 0 Å². The third kappa shape index (κ3) is 5.28. The molecule has 5 nitrogen and oxygen atoms in total. The molecule has 0 radical (unpaired) electrons. The molecule has 0 amide bonds. The van der Waals surface area contributed by atoms with E-state index in [1.54, 1.807) is 6.07 Å². The van der Waals surface area contributed by atoms with Gasteiger partial charge in [-0.2, -0.15) is 18.2 Å². The van der Waals surface area contributed by atoms with Gasteiger partial charge < -0.3 is 15.5 Å². The summed E-state index contributed by atoms with van der Waals surface area (Å²) in [5.41, 5.74) is -0.450. The number of rotatable bonds is 6. The molecule has 0 spiro atoms. The third-order valence-corrected chi connectivity index (χ3v) is 3.39. The minimum Gasteiger partial charge on any atom is -0.353 e. The molecule has 0 aliphatic carbocycles. The van der Waals surface area contributed by atoms with E-state index in [4.69, 9.17) is 0 Å². The average Bonchev–Trinajstić information content (AvgIpc) is 2.50. The number of halogens is 4. The molecule has 0 fully saturated rings. The molecule has 0 aliphatic heterocycles. The highest BCUT2D eigenvalue weighted by Crippen LogP contribution is 2.31. The molecular weight excluding hydrogens is 338 g/mol. The summed E-state index contributed by atoms with van der Waals surface area (Å²) >= 11 is 0. The molecule has 2 N–H and O–H groups in total. The first-order valence-electron chi connectivity index (χ1n) is 7.54. The summed E-state index contributed by atoms with van der Waals surface area (Å²) in [6.45, 7) is 2.51. The number of anilines is 3. The van der Waals surface area contributed by atoms with Gasteiger partial charge in [-0.1, -0.05) is 6.07 Å². The molecular formula is C16H19F4N5. The second kappa shape index (κ2) is 7.64. The second-order valence-corrected chi connectivity index (χ2v) is 5.73. The summed E-state index contributed by atoms with van der Waals surface area (Å²) in [5, 5.41) is 5.49. The van der Waals surface area contributed by atoms with Gasteiger partial charge in [-0.3, -0.25) is 0 Å². The molecule has 1 heterocycles. The van der Waals surface area contributed by atoms with Gasteiger partial charge in [0.15, 0.2) is 5.69 Å². The van der Waals surface area contributed by atoms with E-state index in [-0.39, 0.29) is 17.3 Å². The highest BCUT2D eigenvalue weighted by atomic mass is 19.4. The molecule has 0 saturated heterocycles. The number of likely N-dealkylation sites (N-methyl/N-ethyl adjacent to an activating group) is 1. The van der Waals surface area contributed by atoms with Crippen LogP contribution in [0.4, 0.5) is 35.0 Å². The summed E-state index contributed by atoms with van der Waals surface area (Å²) in [6, 6.07) is 5.09. The van der Waals surface area contributed by atoms with Crippen molar-refractivity contribution in [3.63, 3.8) is 0 Å². The summed E-state index contributed by atoms with van der Waals surface area (Å²) in [4.78, 5) is 9.41. The smallest absolute Gasteiger partial charge is 0.353 e. The van der Waals surface area contributed by atoms with Crippen molar-refractivity contribution in [3.8, 4) is 0 Å². The topological polar surface area (TPSA) is 53.1 Å². The summed E-state index contributed by atoms with van der Waals surface area (Å²) in [5.74, 6) is -0.670. The van der Waals surface area contributed by atoms with Crippen molar-refractivity contribution in [1.82, 2.24) is 14.9 Å². The van der Waals surface area contributed by atoms with Crippen molar-refractivity contribution in [2.45, 2.75) is 13.1 Å². The monoisotopic (exact) mass is 357 g/mol. The van der Waals surface area contributed by atoms with Gasteiger partial charge in [0, 0.05) is 30.4 Å². The first kappa shape index (κ1) is 18.9. The van der Waals surface area contributed by atoms with E-state index in [1.807, 2.05) is 19.0 Å². The fourth-order valence-electron chi connectivity index (χ4n) is 2.01. The number of hydrogen-bond donors (Lipinski definition) is 2. The molecule has 0 aliphatic rings. The number of aromatic nitrogens is 2. The van der Waals surface area contributed by atoms with Crippen LogP contribution in [0.2, 0.25) is 0 Å². The lowest BCUT2D eigenvalue weighted by molar-refractivity contribution is -0.141. The van der Waals surface area contributed by atoms with Crippen LogP contribution in [0.25, 0.3) is 0 Å². The normalized spacial score (nSPS) is 11.7. The van der Waals surface area contributed by atoms with Gasteiger partial charge in [-0.15, -0.1) is 0 Å². The van der Waals surface area contributed by atoms with Crippen LogP contribution in [0, 0.1) is 12.7 Å². The quantitative estimate of drug-likeness (QED) is 0.773. The van der Waals surface area contributed by atoms with E-state index in [0.29, 0.717) is 18.8 Å². The van der Waals surface area contributed by atoms with Crippen LogP contribution in [0.3, 0.4) is 0 Å². The molecule has 2 aromatic rings. The maximum atomic E-state index is 13.6. The Balaban J connectivity index is 2.31. The predicted octanol–water partition coefficient (Wildman–Crippen LogP) is 3.66. The molecule has 1 aromatic heterocycles. The minimum atomic E-state index is -4.62. The van der Waals surface area contributed by atoms with Gasteiger partial charge in [0.25, 0.3) is 0 Å². The van der Waals surface area contributed by atoms with Gasteiger partial charge >= 0.3 is 6.18 Å². The largest absolute Gasteiger partial charge is 0.433 e. The predicted molar refractivity (Wildman–Crippen MR) is 88.5 cm³/mol. The molecule has 0 bridgehead atoms. The van der Waals surface area contributed by atoms with E-state index < -0.39 is 17.7 Å². The lowest BCUT2D eigenvalue weighted by Crippen LogP contribution is -2.22. The lowest BCUT2D eigenvalue weighted by Gasteiger charge is -2.15. The van der Waals surface area contributed by atoms with Gasteiger partial charge in [-0.05, 0) is 33.2 Å². The van der Waals surface area contributed by atoms with E-state index >= 15 is 0 Å². The zero-order valence-corrected chi connectivity index (χ0v) is 14.1. The zero-order valence-electron chi connectivity index (χ0n) is 14.1. The zero-order chi connectivity index (χ0) is 18.6. The summed E-state index contributed by atoms with van der Waals surface area (Å²) in [7, 11) is 3.68. The Hall–Kier alpha value is -2.42. The van der Waals surface area contributed by atoms with Gasteiger partial charge in [0.2, 0.25) is 5.95 Å². The molecule has 0 saturated carbocycles. The third-order valence-electron chi connectivity index (χ3n) is 3.39. The fraction of sp³-hybridized carbons (Fsp3) is 0.375. The average molecular weight is 357 g/mol. The Morgan fingerprint density at radius 3 is 2.52 bits per heavy atom. The SMILES string of the molecule is Cc1c(F)cccc1Nc1cc(C(F)(F)F)nc(NCCN(C)C)n1. The van der Waals surface area contributed by atoms with Crippen molar-refractivity contribution in [2.75, 3.05) is 37.8 Å². The Morgan fingerprint density at radius 1 is 1.16 bits per heavy atom. The first-order chi connectivity index (χ1) is 11.7. The van der Waals surface area contributed by atoms with Crippen LogP contribution in [0.15, 0.2) is 24.3 Å². The maximum Gasteiger partial charge on any atom is 0.433 e. The van der Waals surface area contributed by atoms with E-state index in [9.17, 15) is 17.6 Å². The van der Waals surface area contributed by atoms with Crippen LogP contribution in [0.5, 0.6) is 0 Å². The summed E-state index contributed by atoms with van der Waals surface area (Å²) < 4.78 is 52.8. The van der Waals surface area contributed by atoms with Crippen molar-refractivity contribution in [3.05, 3.63) is 41.3 Å². The standard InChI is InChI=1S/C16H19F4N5/c1-10-11(17)5-4-6-12(10)22-14-9-13(16(18,19)20)23-15(24-14)21-7-8-25(2)3/h4-6,9H,7-8H2,1-3H3,(H2,21,22,23,24). The highest BCUT2D eigenvalue weighted by molar-refractivity contribution is 5.61. The Labute approximate surface area is 143 Å². The number of nitrogens with one attached hydrogen (secondary N) is 2. The molecule has 0 atom stereocenters. The van der Waals surface area contributed by atoms with Crippen molar-refractivity contribution in [1.29, 1.82) is 0 Å². The van der Waals surface area contributed by atoms with Crippen LogP contribution in [-0.4, -0.2) is 42.1 Å². The minimum absolute atomic E-state index is 0.0663. The van der Waals surface area contributed by atoms with Gasteiger partial charge in [-0.25, -0.2) is 9.37 Å². The van der Waals surface area contributed by atoms with Crippen LogP contribution in [0.1, 0.15) is 11.3 Å². The Bertz CT molecular complexity index is 731. The second-order valence-electron chi connectivity index (χ2n) is 5.73. The molecule has 25 heavy (non-hydrogen) atoms. The van der Waals surface area contributed by atoms with Gasteiger partial charge in [0.1, 0.15) is 11.6 Å². The highest BCUT2D eigenvalue weighted by Gasteiger charge is 2.33. The van der Waals surface area contributed by atoms with E-state index in [1.165, 1.54) is 19.1 Å². The Morgan fingerprint density at radius 2 is 1.88 bits per heavy atom. The first-order valence-corrected chi connectivity index (χ1v) is 7.54. The molecule has 136 valence electrons. The molecule has 0 unspecified atom stereocenters. The molecule has 2 rings (SSSR count). The molecule has 9 heteroatoms. The maximum absolute atomic E-state index is 13.6. The van der Waals surface area contributed by atoms with E-state index in [0.717, 1.165) is 6.07 Å². The summed E-state index contributed by atoms with van der Waals surface area (Å²) in [6.07, 6.45) is -4.62. The fourth-order valence-corrected chi connectivity index (χ4v) is 2.01. The Kier molecular flexibility index (Phi) is 5.78. The lowest BCUT2D eigenvalue weighted by atomic mass is 10.2. The number of hydrogen-bond acceptors (Lipinski definition) is 5. The van der Waals surface area contributed by atoms with Crippen molar-refractivity contribution in [2.24, 2.45) is 0 Å².